The van der Waals surface area contributed by atoms with Crippen molar-refractivity contribution >= 4 is 0 Å². The van der Waals surface area contributed by atoms with E-state index in [0.29, 0.717) is 0 Å². The lowest BCUT2D eigenvalue weighted by Crippen LogP contribution is -2.04. The first kappa shape index (κ1) is 9.11. The van der Waals surface area contributed by atoms with Gasteiger partial charge in [-0.3, -0.25) is 4.84 Å². The fourth-order valence-corrected chi connectivity index (χ4v) is 0.862. The second-order valence-corrected chi connectivity index (χ2v) is 2.12. The van der Waals surface area contributed by atoms with Gasteiger partial charge in [0.15, 0.2) is 17.2 Å². The summed E-state index contributed by atoms with van der Waals surface area (Å²) in [5.41, 5.74) is 0. The molecule has 0 heterocycles. The molecule has 0 radical (unpaired) electrons. The summed E-state index contributed by atoms with van der Waals surface area (Å²) in [6, 6.07) is 4.07. The highest BCUT2D eigenvalue weighted by atomic mass is 17.0. The number of ether oxygens (including phenoxy) is 1. The van der Waals surface area contributed by atoms with Gasteiger partial charge in [0.1, 0.15) is 0 Å². The van der Waals surface area contributed by atoms with Crippen LogP contribution in [0.2, 0.25) is 0 Å². The van der Waals surface area contributed by atoms with Crippen LogP contribution in [0.3, 0.4) is 0 Å². The number of nitrogens with zero attached hydrogens (tertiary/aromatic N) is 1. The minimum absolute atomic E-state index is 0.0563. The molecule has 6 heteroatoms. The van der Waals surface area contributed by atoms with Crippen LogP contribution in [0.5, 0.6) is 17.2 Å². The monoisotopic (exact) mass is 185 g/mol. The third kappa shape index (κ3) is 1.98. The number of benzene rings is 1. The summed E-state index contributed by atoms with van der Waals surface area (Å²) < 4.78 is 4.70. The summed E-state index contributed by atoms with van der Waals surface area (Å²) in [5, 5.41) is 18.2. The first-order valence-corrected chi connectivity index (χ1v) is 3.33. The van der Waals surface area contributed by atoms with Crippen LogP contribution in [-0.2, 0) is 0 Å². The molecule has 0 fully saturated rings. The molecular formula is C7H7NO5. The van der Waals surface area contributed by atoms with Gasteiger partial charge in [-0.25, -0.2) is 0 Å². The van der Waals surface area contributed by atoms with E-state index in [4.69, 9.17) is 4.74 Å². The van der Waals surface area contributed by atoms with E-state index in [0.717, 1.165) is 0 Å². The van der Waals surface area contributed by atoms with Crippen LogP contribution >= 0.6 is 0 Å². The van der Waals surface area contributed by atoms with Crippen molar-refractivity contribution in [2.45, 2.75) is 0 Å². The van der Waals surface area contributed by atoms with E-state index in [9.17, 15) is 15.2 Å². The van der Waals surface area contributed by atoms with Crippen LogP contribution in [0.15, 0.2) is 18.2 Å². The molecule has 1 rings (SSSR count). The van der Waals surface area contributed by atoms with Crippen LogP contribution in [0.25, 0.3) is 0 Å². The number of methoxy groups -OCH3 is 1. The standard InChI is InChI=1S/C7H7NO5/c1-12-7-5(9)3-2-4-6(7)13-8(10)11/h2-4,9H,1H3. The highest BCUT2D eigenvalue weighted by Crippen LogP contribution is 2.35. The van der Waals surface area contributed by atoms with E-state index in [1.165, 1.54) is 25.3 Å². The zero-order valence-electron chi connectivity index (χ0n) is 6.76. The Hall–Kier alpha value is -1.98. The molecule has 0 saturated heterocycles. The second-order valence-electron chi connectivity index (χ2n) is 2.12. The molecule has 13 heavy (non-hydrogen) atoms. The van der Waals surface area contributed by atoms with Gasteiger partial charge in [-0.2, -0.15) is 0 Å². The zero-order valence-corrected chi connectivity index (χ0v) is 6.76. The maximum absolute atomic E-state index is 9.99. The number of phenols is 1. The maximum Gasteiger partial charge on any atom is 0.299 e. The van der Waals surface area contributed by atoms with Crippen LogP contribution in [-0.4, -0.2) is 17.3 Å². The summed E-state index contributed by atoms with van der Waals surface area (Å²) >= 11 is 0. The lowest BCUT2D eigenvalue weighted by molar-refractivity contribution is -0.711. The Morgan fingerprint density at radius 1 is 1.54 bits per heavy atom. The lowest BCUT2D eigenvalue weighted by Gasteiger charge is -2.06. The van der Waals surface area contributed by atoms with Gasteiger partial charge in [0.05, 0.1) is 7.11 Å². The number of rotatable bonds is 3. The fourth-order valence-electron chi connectivity index (χ4n) is 0.862. The predicted molar refractivity (Wildman–Crippen MR) is 42.3 cm³/mol. The molecule has 0 atom stereocenters. The highest BCUT2D eigenvalue weighted by molar-refractivity contribution is 5.49. The van der Waals surface area contributed by atoms with Gasteiger partial charge in [-0.1, -0.05) is 6.07 Å². The van der Waals surface area contributed by atoms with E-state index >= 15 is 0 Å². The van der Waals surface area contributed by atoms with Gasteiger partial charge in [-0.15, -0.1) is 10.1 Å². The molecule has 1 aromatic rings. The Morgan fingerprint density at radius 2 is 2.23 bits per heavy atom. The van der Waals surface area contributed by atoms with E-state index in [-0.39, 0.29) is 17.2 Å². The number of para-hydroxylation sites is 1. The van der Waals surface area contributed by atoms with Crippen molar-refractivity contribution in [1.29, 1.82) is 0 Å². The van der Waals surface area contributed by atoms with Crippen LogP contribution < -0.4 is 9.57 Å². The lowest BCUT2D eigenvalue weighted by atomic mass is 10.3. The van der Waals surface area contributed by atoms with Crippen molar-refractivity contribution in [1.82, 2.24) is 0 Å². The summed E-state index contributed by atoms with van der Waals surface area (Å²) in [6.45, 7) is 0. The molecular weight excluding hydrogens is 178 g/mol. The molecule has 1 N–H and O–H groups in total. The molecule has 0 aliphatic rings. The molecule has 0 saturated carbocycles. The van der Waals surface area contributed by atoms with Crippen molar-refractivity contribution in [3.63, 3.8) is 0 Å². The zero-order chi connectivity index (χ0) is 9.84. The van der Waals surface area contributed by atoms with Gasteiger partial charge in [0.25, 0.3) is 5.09 Å². The van der Waals surface area contributed by atoms with E-state index in [1.54, 1.807) is 0 Å². The van der Waals surface area contributed by atoms with Gasteiger partial charge >= 0.3 is 0 Å². The summed E-state index contributed by atoms with van der Waals surface area (Å²) in [4.78, 5) is 14.1. The smallest absolute Gasteiger partial charge is 0.299 e. The molecule has 0 aliphatic heterocycles. The molecule has 0 bridgehead atoms. The van der Waals surface area contributed by atoms with Gasteiger partial charge in [0.2, 0.25) is 0 Å². The largest absolute Gasteiger partial charge is 0.504 e. The molecule has 0 spiro atoms. The van der Waals surface area contributed by atoms with Gasteiger partial charge in [0, 0.05) is 0 Å². The fraction of sp³-hybridized carbons (Fsp3) is 0.143. The Bertz CT molecular complexity index is 325. The molecule has 6 nitrogen and oxygen atoms in total. The Kier molecular flexibility index (Phi) is 2.53. The Morgan fingerprint density at radius 3 is 2.77 bits per heavy atom. The normalized spacial score (nSPS) is 9.31. The van der Waals surface area contributed by atoms with Crippen molar-refractivity contribution in [2.24, 2.45) is 0 Å². The highest BCUT2D eigenvalue weighted by Gasteiger charge is 2.10. The first-order chi connectivity index (χ1) is 6.15. The SMILES string of the molecule is COc1c(O)cccc1O[N+](=O)[O-]. The third-order valence-corrected chi connectivity index (χ3v) is 1.34. The molecule has 0 unspecified atom stereocenters. The number of phenolic OH excluding ortho intramolecular Hbond substituents is 1. The van der Waals surface area contributed by atoms with Crippen molar-refractivity contribution in [3.8, 4) is 17.2 Å². The topological polar surface area (TPSA) is 81.8 Å². The van der Waals surface area contributed by atoms with Crippen molar-refractivity contribution in [3.05, 3.63) is 28.3 Å². The predicted octanol–water partition coefficient (Wildman–Crippen LogP) is 0.971. The number of aromatic hydroxyl groups is 1. The number of hydrogen-bond acceptors (Lipinski definition) is 5. The summed E-state index contributed by atoms with van der Waals surface area (Å²) in [5.74, 6) is -0.395. The van der Waals surface area contributed by atoms with E-state index in [1.807, 2.05) is 0 Å². The maximum atomic E-state index is 9.99. The minimum Gasteiger partial charge on any atom is -0.504 e. The van der Waals surface area contributed by atoms with E-state index < -0.39 is 5.09 Å². The van der Waals surface area contributed by atoms with E-state index in [2.05, 4.69) is 4.84 Å². The summed E-state index contributed by atoms with van der Waals surface area (Å²) in [7, 11) is 1.28. The molecule has 0 aromatic heterocycles. The van der Waals surface area contributed by atoms with Crippen molar-refractivity contribution in [2.75, 3.05) is 7.11 Å². The quantitative estimate of drug-likeness (QED) is 0.560. The minimum atomic E-state index is -0.975. The molecule has 0 amide bonds. The Labute approximate surface area is 73.4 Å². The van der Waals surface area contributed by atoms with Crippen LogP contribution in [0.4, 0.5) is 0 Å². The first-order valence-electron chi connectivity index (χ1n) is 3.33. The van der Waals surface area contributed by atoms with Crippen LogP contribution in [0, 0.1) is 10.1 Å². The average molecular weight is 185 g/mol. The molecule has 70 valence electrons. The molecule has 0 aliphatic carbocycles. The third-order valence-electron chi connectivity index (χ3n) is 1.34. The summed E-state index contributed by atoms with van der Waals surface area (Å²) in [6.07, 6.45) is 0. The van der Waals surface area contributed by atoms with Gasteiger partial charge < -0.3 is 9.84 Å². The average Bonchev–Trinajstić information content (AvgIpc) is 2.03. The van der Waals surface area contributed by atoms with Crippen molar-refractivity contribution < 1.29 is 19.8 Å². The Balaban J connectivity index is 3.05. The number of hydrogen-bond donors (Lipinski definition) is 1. The van der Waals surface area contributed by atoms with Gasteiger partial charge in [-0.05, 0) is 12.1 Å². The van der Waals surface area contributed by atoms with Crippen LogP contribution in [0.1, 0.15) is 0 Å². The second kappa shape index (κ2) is 3.61. The molecule has 1 aromatic carbocycles.